The van der Waals surface area contributed by atoms with Gasteiger partial charge < -0.3 is 0 Å². The van der Waals surface area contributed by atoms with Crippen molar-refractivity contribution in [3.63, 3.8) is 0 Å². The highest BCUT2D eigenvalue weighted by Gasteiger charge is 2.25. The van der Waals surface area contributed by atoms with Crippen LogP contribution in [0.2, 0.25) is 0 Å². The Hall–Kier alpha value is -6.45. The molecule has 0 N–H and O–H groups in total. The molecule has 234 valence electrons. The maximum Gasteiger partial charge on any atom is 0.164 e. The standard InChI is InChI=1S/C47H31N3/c1-3-13-30(14-4-1)45-48-46(31-15-5-2-6-16-31)50-47(49-45)36-26-34(39-21-11-23-41-37-19-9-7-17-32(37)28-43(39)41)25-35(27-36)40-22-12-24-42-38-20-10-8-18-33(38)29-44(40)42/h1-27H,28-29H2. The van der Waals surface area contributed by atoms with Gasteiger partial charge >= 0.3 is 0 Å². The first-order valence-electron chi connectivity index (χ1n) is 17.2. The first kappa shape index (κ1) is 28.6. The van der Waals surface area contributed by atoms with Crippen LogP contribution in [0, 0.1) is 0 Å². The van der Waals surface area contributed by atoms with E-state index in [9.17, 15) is 0 Å². The van der Waals surface area contributed by atoms with Gasteiger partial charge in [0.25, 0.3) is 0 Å². The van der Waals surface area contributed by atoms with Crippen LogP contribution in [0.25, 0.3) is 78.7 Å². The van der Waals surface area contributed by atoms with E-state index in [0.717, 1.165) is 29.5 Å². The second-order valence-electron chi connectivity index (χ2n) is 13.2. The molecule has 2 aliphatic rings. The molecule has 0 radical (unpaired) electrons. The summed E-state index contributed by atoms with van der Waals surface area (Å²) in [4.78, 5) is 15.3. The van der Waals surface area contributed by atoms with Crippen molar-refractivity contribution in [1.82, 2.24) is 15.0 Å². The van der Waals surface area contributed by atoms with Gasteiger partial charge in [0, 0.05) is 16.7 Å². The van der Waals surface area contributed by atoms with E-state index in [1.54, 1.807) is 0 Å². The number of rotatable bonds is 5. The lowest BCUT2D eigenvalue weighted by Crippen LogP contribution is -2.01. The number of hydrogen-bond donors (Lipinski definition) is 0. The fourth-order valence-electron chi connectivity index (χ4n) is 7.86. The normalized spacial score (nSPS) is 12.2. The van der Waals surface area contributed by atoms with Crippen LogP contribution in [0.1, 0.15) is 22.3 Å². The minimum absolute atomic E-state index is 0.660. The molecule has 0 atom stereocenters. The van der Waals surface area contributed by atoms with Gasteiger partial charge in [-0.05, 0) is 97.8 Å². The van der Waals surface area contributed by atoms with Gasteiger partial charge in [-0.25, -0.2) is 15.0 Å². The van der Waals surface area contributed by atoms with Crippen molar-refractivity contribution in [3.05, 3.63) is 186 Å². The van der Waals surface area contributed by atoms with Crippen molar-refractivity contribution < 1.29 is 0 Å². The van der Waals surface area contributed by atoms with E-state index >= 15 is 0 Å². The second kappa shape index (κ2) is 11.6. The zero-order valence-corrected chi connectivity index (χ0v) is 27.3. The van der Waals surface area contributed by atoms with Gasteiger partial charge in [-0.1, -0.05) is 146 Å². The molecule has 0 fully saturated rings. The van der Waals surface area contributed by atoms with Crippen LogP contribution in [0.15, 0.2) is 164 Å². The highest BCUT2D eigenvalue weighted by atomic mass is 15.0. The van der Waals surface area contributed by atoms with Crippen molar-refractivity contribution in [2.24, 2.45) is 0 Å². The molecule has 2 aliphatic carbocycles. The predicted octanol–water partition coefficient (Wildman–Crippen LogP) is 11.3. The highest BCUT2D eigenvalue weighted by molar-refractivity contribution is 5.90. The van der Waals surface area contributed by atoms with Crippen molar-refractivity contribution in [3.8, 4) is 78.7 Å². The quantitative estimate of drug-likeness (QED) is 0.188. The Labute approximate surface area is 291 Å². The van der Waals surface area contributed by atoms with Gasteiger partial charge in [-0.3, -0.25) is 0 Å². The van der Waals surface area contributed by atoms with E-state index in [0.29, 0.717) is 17.5 Å². The minimum atomic E-state index is 0.660. The Kier molecular flexibility index (Phi) is 6.63. The summed E-state index contributed by atoms with van der Waals surface area (Å²) in [5.41, 5.74) is 18.5. The number of nitrogens with zero attached hydrogens (tertiary/aromatic N) is 3. The van der Waals surface area contributed by atoms with Gasteiger partial charge in [-0.15, -0.1) is 0 Å². The van der Waals surface area contributed by atoms with E-state index in [2.05, 4.69) is 127 Å². The van der Waals surface area contributed by atoms with E-state index in [4.69, 9.17) is 15.0 Å². The Balaban J connectivity index is 1.21. The van der Waals surface area contributed by atoms with Gasteiger partial charge in [0.15, 0.2) is 17.5 Å². The molecule has 0 spiro atoms. The monoisotopic (exact) mass is 637 g/mol. The summed E-state index contributed by atoms with van der Waals surface area (Å²) >= 11 is 0. The summed E-state index contributed by atoms with van der Waals surface area (Å²) < 4.78 is 0. The molecule has 3 nitrogen and oxygen atoms in total. The lowest BCUT2D eigenvalue weighted by atomic mass is 9.89. The second-order valence-corrected chi connectivity index (χ2v) is 13.2. The van der Waals surface area contributed by atoms with Crippen molar-refractivity contribution in [2.45, 2.75) is 12.8 Å². The third kappa shape index (κ3) is 4.78. The van der Waals surface area contributed by atoms with Crippen LogP contribution in [0.4, 0.5) is 0 Å². The van der Waals surface area contributed by atoms with Crippen LogP contribution in [0.5, 0.6) is 0 Å². The van der Waals surface area contributed by atoms with Crippen molar-refractivity contribution in [2.75, 3.05) is 0 Å². The average Bonchev–Trinajstić information content (AvgIpc) is 3.77. The van der Waals surface area contributed by atoms with Crippen molar-refractivity contribution >= 4 is 0 Å². The molecule has 50 heavy (non-hydrogen) atoms. The van der Waals surface area contributed by atoms with E-state index in [1.807, 2.05) is 36.4 Å². The molecule has 0 saturated heterocycles. The smallest absolute Gasteiger partial charge is 0.164 e. The topological polar surface area (TPSA) is 38.7 Å². The van der Waals surface area contributed by atoms with Crippen molar-refractivity contribution in [1.29, 1.82) is 0 Å². The number of benzene rings is 7. The molecule has 0 unspecified atom stereocenters. The SMILES string of the molecule is c1ccc(-c2nc(-c3ccccc3)nc(-c3cc(-c4cccc5c4Cc4ccccc4-5)cc(-c4cccc5c4Cc4ccccc4-5)c3)n2)cc1. The van der Waals surface area contributed by atoms with Crippen LogP contribution in [-0.2, 0) is 12.8 Å². The maximum atomic E-state index is 5.16. The summed E-state index contributed by atoms with van der Waals surface area (Å²) in [5, 5.41) is 0. The fraction of sp³-hybridized carbons (Fsp3) is 0.0426. The number of aromatic nitrogens is 3. The Morgan fingerprint density at radius 3 is 1.12 bits per heavy atom. The minimum Gasteiger partial charge on any atom is -0.208 e. The molecule has 0 amide bonds. The summed E-state index contributed by atoms with van der Waals surface area (Å²) in [6.07, 6.45) is 1.83. The summed E-state index contributed by atoms with van der Waals surface area (Å²) in [5.74, 6) is 1.98. The first-order chi connectivity index (χ1) is 24.8. The Morgan fingerprint density at radius 2 is 0.640 bits per heavy atom. The summed E-state index contributed by atoms with van der Waals surface area (Å²) in [6.45, 7) is 0. The third-order valence-corrected chi connectivity index (χ3v) is 10.2. The zero-order valence-electron chi connectivity index (χ0n) is 27.3. The largest absolute Gasteiger partial charge is 0.208 e. The number of hydrogen-bond acceptors (Lipinski definition) is 3. The van der Waals surface area contributed by atoms with Crippen LogP contribution in [0.3, 0.4) is 0 Å². The van der Waals surface area contributed by atoms with E-state index < -0.39 is 0 Å². The van der Waals surface area contributed by atoms with Gasteiger partial charge in [0.1, 0.15) is 0 Å². The van der Waals surface area contributed by atoms with Gasteiger partial charge in [0.05, 0.1) is 0 Å². The molecule has 1 aromatic heterocycles. The lowest BCUT2D eigenvalue weighted by molar-refractivity contribution is 1.07. The van der Waals surface area contributed by atoms with Gasteiger partial charge in [0.2, 0.25) is 0 Å². The lowest BCUT2D eigenvalue weighted by Gasteiger charge is -2.16. The maximum absolute atomic E-state index is 5.16. The zero-order chi connectivity index (χ0) is 33.0. The molecular formula is C47H31N3. The van der Waals surface area contributed by atoms with Gasteiger partial charge in [-0.2, -0.15) is 0 Å². The molecule has 7 aromatic carbocycles. The molecule has 1 heterocycles. The van der Waals surface area contributed by atoms with Crippen LogP contribution in [-0.4, -0.2) is 15.0 Å². The predicted molar refractivity (Wildman–Crippen MR) is 203 cm³/mol. The van der Waals surface area contributed by atoms with Crippen LogP contribution < -0.4 is 0 Å². The fourth-order valence-corrected chi connectivity index (χ4v) is 7.86. The number of fused-ring (bicyclic) bond motifs is 6. The summed E-state index contributed by atoms with van der Waals surface area (Å²) in [6, 6.07) is 58.4. The van der Waals surface area contributed by atoms with Crippen LogP contribution >= 0.6 is 0 Å². The van der Waals surface area contributed by atoms with E-state index in [1.165, 1.54) is 66.8 Å². The Bertz CT molecular complexity index is 2420. The molecular weight excluding hydrogens is 607 g/mol. The molecule has 0 aliphatic heterocycles. The Morgan fingerprint density at radius 1 is 0.280 bits per heavy atom. The first-order valence-corrected chi connectivity index (χ1v) is 17.2. The highest BCUT2D eigenvalue weighted by Crippen LogP contribution is 2.45. The molecule has 3 heteroatoms. The molecule has 10 rings (SSSR count). The van der Waals surface area contributed by atoms with E-state index in [-0.39, 0.29) is 0 Å². The summed E-state index contributed by atoms with van der Waals surface area (Å²) in [7, 11) is 0. The average molecular weight is 638 g/mol. The molecule has 0 bridgehead atoms. The third-order valence-electron chi connectivity index (χ3n) is 10.2. The molecule has 8 aromatic rings. The molecule has 0 saturated carbocycles.